The van der Waals surface area contributed by atoms with E-state index in [4.69, 9.17) is 19.5 Å². The third-order valence-corrected chi connectivity index (χ3v) is 9.58. The van der Waals surface area contributed by atoms with Crippen LogP contribution in [0.25, 0.3) is 99.2 Å². The summed E-state index contributed by atoms with van der Waals surface area (Å²) in [5.41, 5.74) is 4.19. The smallest absolute Gasteiger partial charge is 0.138 e. The Morgan fingerprint density at radius 1 is 0.412 bits per heavy atom. The molecule has 51 heavy (non-hydrogen) atoms. The molecule has 3 aromatic heterocycles. The van der Waals surface area contributed by atoms with Crippen molar-refractivity contribution >= 4 is 65.6 Å². The first-order chi connectivity index (χ1) is 30.7. The molecule has 0 aliphatic heterocycles. The standard InChI is InChI=1S/C48H30N2O/c1-2-13-31(14-3-1)32-15-12-16-33(27-32)34-28-45(48-39-20-7-11-24-46(39)51-47(48)29-34)50-43-23-10-6-19-38(43)40-30-35(25-26-44(40)50)49-41-21-8-4-17-36(41)37-18-5-9-22-42(37)49/h1-30H/i1D,2D,3D,4D,8D,12D,13D,14D,15D,16D,17D,21D,27D. The van der Waals surface area contributed by atoms with Gasteiger partial charge in [-0.15, -0.1) is 0 Å². The zero-order valence-electron chi connectivity index (χ0n) is 39.6. The molecule has 0 spiro atoms. The summed E-state index contributed by atoms with van der Waals surface area (Å²) in [5.74, 6) is 0. The molecule has 0 aliphatic rings. The average Bonchev–Trinajstić information content (AvgIpc) is 3.97. The van der Waals surface area contributed by atoms with Crippen LogP contribution in [0.4, 0.5) is 0 Å². The van der Waals surface area contributed by atoms with Gasteiger partial charge in [-0.2, -0.15) is 0 Å². The Bertz CT molecular complexity index is 3870. The van der Waals surface area contributed by atoms with Gasteiger partial charge < -0.3 is 13.6 Å². The first kappa shape index (κ1) is 18.2. The topological polar surface area (TPSA) is 23.0 Å². The van der Waals surface area contributed by atoms with Gasteiger partial charge in [0.25, 0.3) is 0 Å². The summed E-state index contributed by atoms with van der Waals surface area (Å²) in [5, 5.41) is 4.25. The van der Waals surface area contributed by atoms with Crippen LogP contribution in [-0.4, -0.2) is 9.13 Å². The van der Waals surface area contributed by atoms with Crippen LogP contribution in [0.15, 0.2) is 186 Å². The molecule has 0 unspecified atom stereocenters. The molecule has 11 aromatic rings. The maximum Gasteiger partial charge on any atom is 0.138 e. The van der Waals surface area contributed by atoms with Crippen molar-refractivity contribution in [2.75, 3.05) is 0 Å². The fourth-order valence-corrected chi connectivity index (χ4v) is 7.44. The molecule has 0 aliphatic carbocycles. The second-order valence-corrected chi connectivity index (χ2v) is 12.3. The number of aromatic nitrogens is 2. The molecule has 3 heterocycles. The molecule has 0 bridgehead atoms. The van der Waals surface area contributed by atoms with Crippen molar-refractivity contribution in [2.24, 2.45) is 0 Å². The monoisotopic (exact) mass is 663 g/mol. The molecule has 0 atom stereocenters. The van der Waals surface area contributed by atoms with Crippen molar-refractivity contribution in [2.45, 2.75) is 0 Å². The number of para-hydroxylation sites is 4. The van der Waals surface area contributed by atoms with Gasteiger partial charge in [0.05, 0.1) is 51.0 Å². The molecule has 0 radical (unpaired) electrons. The minimum atomic E-state index is -0.652. The summed E-state index contributed by atoms with van der Waals surface area (Å²) >= 11 is 0. The van der Waals surface area contributed by atoms with E-state index < -0.39 is 59.9 Å². The van der Waals surface area contributed by atoms with Gasteiger partial charge in [0, 0.05) is 32.6 Å². The van der Waals surface area contributed by atoms with Crippen molar-refractivity contribution < 1.29 is 22.2 Å². The summed E-state index contributed by atoms with van der Waals surface area (Å²) in [6.45, 7) is 0. The van der Waals surface area contributed by atoms with E-state index in [0.717, 1.165) is 27.2 Å². The molecule has 8 aromatic carbocycles. The lowest BCUT2D eigenvalue weighted by Gasteiger charge is -2.14. The van der Waals surface area contributed by atoms with Crippen LogP contribution in [0.2, 0.25) is 0 Å². The highest BCUT2D eigenvalue weighted by atomic mass is 16.3. The van der Waals surface area contributed by atoms with Crippen LogP contribution in [-0.2, 0) is 0 Å². The highest BCUT2D eigenvalue weighted by molar-refractivity contribution is 6.16. The van der Waals surface area contributed by atoms with Crippen molar-refractivity contribution in [3.05, 3.63) is 182 Å². The Morgan fingerprint density at radius 3 is 1.90 bits per heavy atom. The van der Waals surface area contributed by atoms with Gasteiger partial charge in [0.2, 0.25) is 0 Å². The zero-order valence-corrected chi connectivity index (χ0v) is 26.6. The minimum Gasteiger partial charge on any atom is -0.456 e. The van der Waals surface area contributed by atoms with E-state index >= 15 is 0 Å². The number of hydrogen-bond acceptors (Lipinski definition) is 1. The Balaban J connectivity index is 1.23. The molecule has 3 heteroatoms. The van der Waals surface area contributed by atoms with Crippen molar-refractivity contribution in [1.29, 1.82) is 0 Å². The first-order valence-electron chi connectivity index (χ1n) is 22.9. The van der Waals surface area contributed by atoms with Gasteiger partial charge in [0.1, 0.15) is 11.2 Å². The molecule has 11 rings (SSSR count). The lowest BCUT2D eigenvalue weighted by atomic mass is 9.97. The summed E-state index contributed by atoms with van der Waals surface area (Å²) in [6, 6.07) is 25.8. The normalized spacial score (nSPS) is 15.5. The summed E-state index contributed by atoms with van der Waals surface area (Å²) < 4.78 is 124. The summed E-state index contributed by atoms with van der Waals surface area (Å²) in [6.07, 6.45) is 0. The van der Waals surface area contributed by atoms with Gasteiger partial charge in [-0.05, 0) is 82.9 Å². The molecule has 0 amide bonds. The number of fused-ring (bicyclic) bond motifs is 9. The van der Waals surface area contributed by atoms with Crippen LogP contribution >= 0.6 is 0 Å². The fraction of sp³-hybridized carbons (Fsp3) is 0. The Morgan fingerprint density at radius 2 is 1.06 bits per heavy atom. The second-order valence-electron chi connectivity index (χ2n) is 12.3. The van der Waals surface area contributed by atoms with E-state index in [9.17, 15) is 2.74 Å². The van der Waals surface area contributed by atoms with Gasteiger partial charge in [-0.3, -0.25) is 0 Å². The van der Waals surface area contributed by atoms with Gasteiger partial charge in [-0.25, -0.2) is 0 Å². The van der Waals surface area contributed by atoms with E-state index in [2.05, 4.69) is 0 Å². The molecule has 238 valence electrons. The van der Waals surface area contributed by atoms with Crippen LogP contribution < -0.4 is 0 Å². The average molecular weight is 664 g/mol. The number of rotatable bonds is 4. The predicted octanol–water partition coefficient (Wildman–Crippen LogP) is 13.1. The molecule has 3 nitrogen and oxygen atoms in total. The van der Waals surface area contributed by atoms with Crippen LogP contribution in [0.5, 0.6) is 0 Å². The third-order valence-electron chi connectivity index (χ3n) is 9.58. The third kappa shape index (κ3) is 4.19. The largest absolute Gasteiger partial charge is 0.456 e. The SMILES string of the molecule is [2H]c1c([2H])c([2H])c(-c2c([2H])c([2H])c([2H])c(-c3cc(-n4c5ccccc5c5cc(-n6c7ccccc7c7c([2H])c([2H])c([2H])c([2H])c76)ccc54)c4c(c3)oc3ccccc34)c2[2H])c([2H])c1[2H]. The Hall–Kier alpha value is -6.84. The van der Waals surface area contributed by atoms with Crippen LogP contribution in [0.3, 0.4) is 0 Å². The first-order valence-corrected chi connectivity index (χ1v) is 16.4. The maximum atomic E-state index is 9.52. The van der Waals surface area contributed by atoms with E-state index in [-0.39, 0.29) is 40.9 Å². The van der Waals surface area contributed by atoms with Crippen LogP contribution in [0, 0.1) is 0 Å². The highest BCUT2D eigenvalue weighted by Crippen LogP contribution is 2.42. The quantitative estimate of drug-likeness (QED) is 0.184. The van der Waals surface area contributed by atoms with Gasteiger partial charge >= 0.3 is 0 Å². The van der Waals surface area contributed by atoms with Crippen molar-refractivity contribution in [1.82, 2.24) is 9.13 Å². The van der Waals surface area contributed by atoms with Crippen LogP contribution in [0.1, 0.15) is 17.8 Å². The van der Waals surface area contributed by atoms with Crippen molar-refractivity contribution in [3.8, 4) is 33.6 Å². The number of furan rings is 1. The van der Waals surface area contributed by atoms with E-state index in [1.807, 2.05) is 100 Å². The van der Waals surface area contributed by atoms with E-state index in [1.165, 1.54) is 0 Å². The van der Waals surface area contributed by atoms with Crippen molar-refractivity contribution in [3.63, 3.8) is 0 Å². The lowest BCUT2D eigenvalue weighted by Crippen LogP contribution is -1.97. The van der Waals surface area contributed by atoms with E-state index in [1.54, 1.807) is 12.1 Å². The summed E-state index contributed by atoms with van der Waals surface area (Å²) in [4.78, 5) is 0. The number of nitrogens with zero attached hydrogens (tertiary/aromatic N) is 2. The number of benzene rings is 8. The maximum absolute atomic E-state index is 9.52. The minimum absolute atomic E-state index is 0.0922. The Kier molecular flexibility index (Phi) is 3.87. The lowest BCUT2D eigenvalue weighted by molar-refractivity contribution is 0.669. The van der Waals surface area contributed by atoms with E-state index in [0.29, 0.717) is 49.7 Å². The number of hydrogen-bond donors (Lipinski definition) is 0. The molecular weight excluding hydrogens is 621 g/mol. The zero-order chi connectivity index (χ0) is 44.8. The van der Waals surface area contributed by atoms with Gasteiger partial charge in [-0.1, -0.05) is 121 Å². The summed E-state index contributed by atoms with van der Waals surface area (Å²) in [7, 11) is 0. The molecule has 0 saturated carbocycles. The van der Waals surface area contributed by atoms with Gasteiger partial charge in [0.15, 0.2) is 0 Å². The molecular formula is C48H30N2O. The molecule has 0 fully saturated rings. The highest BCUT2D eigenvalue weighted by Gasteiger charge is 2.21. The fourth-order valence-electron chi connectivity index (χ4n) is 7.44. The molecule has 0 saturated heterocycles. The predicted molar refractivity (Wildman–Crippen MR) is 213 cm³/mol. The second kappa shape index (κ2) is 10.8. The molecule has 0 N–H and O–H groups in total. The Labute approximate surface area is 312 Å².